The summed E-state index contributed by atoms with van der Waals surface area (Å²) < 4.78 is 38.4. The highest BCUT2D eigenvalue weighted by atomic mass is 19.1. The molecule has 13 heteroatoms. The number of alkyl halides is 1. The number of hydrogen-bond donors (Lipinski definition) is 2. The van der Waals surface area contributed by atoms with Crippen molar-refractivity contribution in [2.45, 2.75) is 25.6 Å². The maximum atomic E-state index is 13.9. The zero-order valence-corrected chi connectivity index (χ0v) is 19.1. The van der Waals surface area contributed by atoms with Crippen LogP contribution in [0.5, 0.6) is 17.4 Å². The predicted molar refractivity (Wildman–Crippen MR) is 121 cm³/mol. The van der Waals surface area contributed by atoms with Gasteiger partial charge in [0.25, 0.3) is 11.8 Å². The van der Waals surface area contributed by atoms with Crippen molar-refractivity contribution in [2.75, 3.05) is 19.7 Å². The van der Waals surface area contributed by atoms with Crippen LogP contribution in [0.3, 0.4) is 0 Å². The third-order valence-corrected chi connectivity index (χ3v) is 5.19. The van der Waals surface area contributed by atoms with Crippen LogP contribution in [0.4, 0.5) is 13.6 Å². The Morgan fingerprint density at radius 3 is 2.64 bits per heavy atom. The lowest BCUT2D eigenvalue weighted by Gasteiger charge is -2.33. The molecule has 11 nitrogen and oxygen atoms in total. The molecule has 0 aromatic carbocycles. The Morgan fingerprint density at radius 2 is 1.92 bits per heavy atom. The first-order chi connectivity index (χ1) is 17.3. The number of likely N-dealkylation sites (tertiary alicyclic amines) is 1. The summed E-state index contributed by atoms with van der Waals surface area (Å²) >= 11 is 0. The molecular weight excluding hydrogens is 478 g/mol. The molecule has 0 saturated carbocycles. The zero-order valence-electron chi connectivity index (χ0n) is 19.1. The van der Waals surface area contributed by atoms with Gasteiger partial charge in [0.1, 0.15) is 17.7 Å². The molecule has 2 N–H and O–H groups in total. The van der Waals surface area contributed by atoms with E-state index in [1.165, 1.54) is 24.8 Å². The normalized spacial score (nSPS) is 17.4. The van der Waals surface area contributed by atoms with E-state index < -0.39 is 30.0 Å². The van der Waals surface area contributed by atoms with Gasteiger partial charge < -0.3 is 24.8 Å². The summed E-state index contributed by atoms with van der Waals surface area (Å²) in [6, 6.07) is 2.08. The minimum absolute atomic E-state index is 0.00712. The number of hydrogen-bond acceptors (Lipinski definition) is 8. The smallest absolute Gasteiger partial charge is 0.407 e. The monoisotopic (exact) mass is 500 g/mol. The molecule has 0 radical (unpaired) electrons. The Kier molecular flexibility index (Phi) is 7.47. The number of ether oxygens (including phenoxy) is 2. The Balaban J connectivity index is 1.44. The van der Waals surface area contributed by atoms with Crippen molar-refractivity contribution in [3.63, 3.8) is 0 Å². The Morgan fingerprint density at radius 1 is 1.14 bits per heavy atom. The molecule has 4 rings (SSSR count). The van der Waals surface area contributed by atoms with Gasteiger partial charge in [-0.05, 0) is 13.0 Å². The number of nitrogens with zero attached hydrogens (tertiary/aromatic N) is 5. The molecule has 188 valence electrons. The van der Waals surface area contributed by atoms with Gasteiger partial charge >= 0.3 is 6.09 Å². The number of amides is 2. The van der Waals surface area contributed by atoms with Crippen molar-refractivity contribution in [1.82, 2.24) is 30.2 Å². The zero-order chi connectivity index (χ0) is 25.7. The van der Waals surface area contributed by atoms with Crippen LogP contribution in [0.2, 0.25) is 0 Å². The SMILES string of the molecule is CCOc1cc(F)cnc1Oc1cncc(-c2ncc(C(=O)N[C@H]3C[C@H](F)CN(C(=O)O)C3)cn2)c1. The second-order valence-electron chi connectivity index (χ2n) is 7.89. The molecule has 3 aromatic heterocycles. The summed E-state index contributed by atoms with van der Waals surface area (Å²) in [5.74, 6) is -0.392. The molecule has 0 unspecified atom stereocenters. The highest BCUT2D eigenvalue weighted by Crippen LogP contribution is 2.31. The van der Waals surface area contributed by atoms with E-state index in [2.05, 4.69) is 25.3 Å². The first-order valence-electron chi connectivity index (χ1n) is 11.0. The summed E-state index contributed by atoms with van der Waals surface area (Å²) in [7, 11) is 0. The van der Waals surface area contributed by atoms with E-state index >= 15 is 0 Å². The molecule has 1 fully saturated rings. The van der Waals surface area contributed by atoms with E-state index in [4.69, 9.17) is 14.6 Å². The number of piperidine rings is 1. The van der Waals surface area contributed by atoms with Gasteiger partial charge in [-0.25, -0.2) is 28.5 Å². The quantitative estimate of drug-likeness (QED) is 0.501. The maximum absolute atomic E-state index is 13.9. The van der Waals surface area contributed by atoms with Crippen LogP contribution >= 0.6 is 0 Å². The summed E-state index contributed by atoms with van der Waals surface area (Å²) in [6.07, 6.45) is 3.92. The number of carbonyl (C=O) groups excluding carboxylic acids is 1. The number of aromatic nitrogens is 4. The Hall–Kier alpha value is -4.42. The lowest BCUT2D eigenvalue weighted by molar-refractivity contribution is 0.0780. The van der Waals surface area contributed by atoms with Crippen molar-refractivity contribution in [1.29, 1.82) is 0 Å². The number of carboxylic acid groups (broad SMARTS) is 1. The fourth-order valence-electron chi connectivity index (χ4n) is 3.61. The molecule has 0 bridgehead atoms. The number of carbonyl (C=O) groups is 2. The average Bonchev–Trinajstić information content (AvgIpc) is 2.86. The first-order valence-corrected chi connectivity index (χ1v) is 11.0. The second-order valence-corrected chi connectivity index (χ2v) is 7.89. The van der Waals surface area contributed by atoms with Gasteiger partial charge in [0.2, 0.25) is 0 Å². The second kappa shape index (κ2) is 10.9. The van der Waals surface area contributed by atoms with Crippen LogP contribution in [0, 0.1) is 5.82 Å². The largest absolute Gasteiger partial charge is 0.488 e. The highest BCUT2D eigenvalue weighted by Gasteiger charge is 2.31. The highest BCUT2D eigenvalue weighted by molar-refractivity contribution is 5.94. The van der Waals surface area contributed by atoms with Gasteiger partial charge in [0, 0.05) is 49.2 Å². The summed E-state index contributed by atoms with van der Waals surface area (Å²) in [6.45, 7) is 1.81. The van der Waals surface area contributed by atoms with Gasteiger partial charge in [0.05, 0.1) is 31.1 Å². The molecule has 3 aromatic rings. The minimum Gasteiger partial charge on any atom is -0.488 e. The topological polar surface area (TPSA) is 140 Å². The van der Waals surface area contributed by atoms with Crippen LogP contribution in [-0.2, 0) is 0 Å². The van der Waals surface area contributed by atoms with Crippen molar-refractivity contribution in [2.24, 2.45) is 0 Å². The lowest BCUT2D eigenvalue weighted by Crippen LogP contribution is -2.53. The number of halogens is 2. The van der Waals surface area contributed by atoms with Gasteiger partial charge in [-0.2, -0.15) is 0 Å². The molecule has 2 atom stereocenters. The number of pyridine rings is 2. The van der Waals surface area contributed by atoms with Crippen LogP contribution < -0.4 is 14.8 Å². The molecule has 1 saturated heterocycles. The summed E-state index contributed by atoms with van der Waals surface area (Å²) in [4.78, 5) is 41.0. The minimum atomic E-state index is -1.37. The van der Waals surface area contributed by atoms with Crippen LogP contribution in [-0.4, -0.2) is 73.9 Å². The summed E-state index contributed by atoms with van der Waals surface area (Å²) in [5, 5.41) is 11.7. The number of rotatable bonds is 7. The van der Waals surface area contributed by atoms with E-state index in [1.807, 2.05) is 0 Å². The molecule has 1 aliphatic rings. The van der Waals surface area contributed by atoms with E-state index in [9.17, 15) is 18.4 Å². The molecule has 0 spiro atoms. The standard InChI is InChI=1S/C23H22F2N6O5/c1-2-35-19-5-15(24)9-29-22(19)36-18-3-13(6-26-10-18)20-27-7-14(8-28-20)21(32)30-17-4-16(25)11-31(12-17)23(33)34/h3,5-10,16-17H,2,4,11-12H2,1H3,(H,30,32)(H,33,34)/t16-,17-/m0/s1. The third-order valence-electron chi connectivity index (χ3n) is 5.19. The number of nitrogens with one attached hydrogen (secondary N) is 1. The summed E-state index contributed by atoms with van der Waals surface area (Å²) in [5.41, 5.74) is 0.600. The van der Waals surface area contributed by atoms with Crippen molar-refractivity contribution in [3.8, 4) is 28.8 Å². The van der Waals surface area contributed by atoms with Crippen LogP contribution in [0.25, 0.3) is 11.4 Å². The molecule has 0 aliphatic carbocycles. The van der Waals surface area contributed by atoms with E-state index in [0.717, 1.165) is 17.2 Å². The van der Waals surface area contributed by atoms with E-state index in [-0.39, 0.29) is 48.3 Å². The lowest BCUT2D eigenvalue weighted by atomic mass is 10.0. The van der Waals surface area contributed by atoms with Crippen molar-refractivity contribution < 1.29 is 33.0 Å². The maximum Gasteiger partial charge on any atom is 0.407 e. The molecule has 2 amide bonds. The van der Waals surface area contributed by atoms with Gasteiger partial charge in [-0.15, -0.1) is 0 Å². The van der Waals surface area contributed by atoms with E-state index in [0.29, 0.717) is 12.2 Å². The van der Waals surface area contributed by atoms with E-state index in [1.54, 1.807) is 13.0 Å². The fraction of sp³-hybridized carbons (Fsp3) is 0.304. The van der Waals surface area contributed by atoms with Crippen LogP contribution in [0.15, 0.2) is 43.1 Å². The molecule has 4 heterocycles. The average molecular weight is 500 g/mol. The molecule has 36 heavy (non-hydrogen) atoms. The van der Waals surface area contributed by atoms with Gasteiger partial charge in [-0.3, -0.25) is 9.78 Å². The molecule has 1 aliphatic heterocycles. The van der Waals surface area contributed by atoms with Crippen LogP contribution in [0.1, 0.15) is 23.7 Å². The van der Waals surface area contributed by atoms with Gasteiger partial charge in [-0.1, -0.05) is 0 Å². The third kappa shape index (κ3) is 5.98. The Labute approximate surface area is 204 Å². The fourth-order valence-corrected chi connectivity index (χ4v) is 3.61. The Bertz CT molecular complexity index is 1250. The molecular formula is C23H22F2N6O5. The first kappa shape index (κ1) is 24.7. The van der Waals surface area contributed by atoms with Gasteiger partial charge in [0.15, 0.2) is 11.6 Å². The predicted octanol–water partition coefficient (Wildman–Crippen LogP) is 3.08. The van der Waals surface area contributed by atoms with Crippen molar-refractivity contribution in [3.05, 3.63) is 54.5 Å². The van der Waals surface area contributed by atoms with Crippen molar-refractivity contribution >= 4 is 12.0 Å².